The summed E-state index contributed by atoms with van der Waals surface area (Å²) >= 11 is 0. The van der Waals surface area contributed by atoms with Crippen molar-refractivity contribution in [2.45, 2.75) is 19.5 Å². The molecule has 0 saturated heterocycles. The van der Waals surface area contributed by atoms with E-state index in [2.05, 4.69) is 0 Å². The van der Waals surface area contributed by atoms with Crippen LogP contribution in [0.2, 0.25) is 0 Å². The Kier molecular flexibility index (Phi) is 5.30. The lowest BCUT2D eigenvalue weighted by Crippen LogP contribution is -2.49. The van der Waals surface area contributed by atoms with E-state index in [4.69, 9.17) is 9.72 Å². The average Bonchev–Trinajstić information content (AvgIpc) is 3.20. The summed E-state index contributed by atoms with van der Waals surface area (Å²) in [5, 5.41) is 10.2. The number of benzene rings is 3. The first-order valence-electron chi connectivity index (χ1n) is 10.9. The highest BCUT2D eigenvalue weighted by Gasteiger charge is 2.47. The fourth-order valence-corrected chi connectivity index (χ4v) is 4.47. The molecule has 166 valence electrons. The predicted octanol–water partition coefficient (Wildman–Crippen LogP) is 4.06. The lowest BCUT2D eigenvalue weighted by molar-refractivity contribution is -0.153. The summed E-state index contributed by atoms with van der Waals surface area (Å²) < 4.78 is 7.27. The summed E-state index contributed by atoms with van der Waals surface area (Å²) in [6.07, 6.45) is 0. The zero-order chi connectivity index (χ0) is 22.9. The third kappa shape index (κ3) is 3.61. The Morgan fingerprint density at radius 2 is 1.79 bits per heavy atom. The number of aromatic hydroxyl groups is 1. The monoisotopic (exact) mass is 441 g/mol. The van der Waals surface area contributed by atoms with Gasteiger partial charge < -0.3 is 14.4 Å². The molecule has 0 spiro atoms. The molecule has 2 atom stereocenters. The number of carbonyl (C=O) groups excluding carboxylic acids is 2. The number of phenols is 1. The molecule has 1 aromatic heterocycles. The van der Waals surface area contributed by atoms with Gasteiger partial charge in [0.05, 0.1) is 30.2 Å². The number of hydrogen-bond acceptors (Lipinski definition) is 5. The molecule has 0 radical (unpaired) electrons. The molecule has 3 aromatic carbocycles. The molecule has 2 heterocycles. The summed E-state index contributed by atoms with van der Waals surface area (Å²) in [6, 6.07) is 23.1. The first-order valence-corrected chi connectivity index (χ1v) is 10.9. The number of para-hydroxylation sites is 2. The van der Waals surface area contributed by atoms with Crippen LogP contribution in [0.3, 0.4) is 0 Å². The molecule has 5 rings (SSSR count). The molecule has 7 heteroatoms. The number of aromatic nitrogens is 2. The average molecular weight is 441 g/mol. The number of fused-ring (bicyclic) bond motifs is 3. The molecule has 1 aliphatic rings. The van der Waals surface area contributed by atoms with Crippen LogP contribution in [-0.2, 0) is 20.9 Å². The van der Waals surface area contributed by atoms with E-state index in [9.17, 15) is 14.7 Å². The molecule has 0 aliphatic carbocycles. The lowest BCUT2D eigenvalue weighted by Gasteiger charge is -2.38. The maximum absolute atomic E-state index is 13.9. The van der Waals surface area contributed by atoms with Gasteiger partial charge in [-0.1, -0.05) is 54.6 Å². The number of anilines is 1. The predicted molar refractivity (Wildman–Crippen MR) is 124 cm³/mol. The van der Waals surface area contributed by atoms with Crippen LogP contribution in [0.25, 0.3) is 11.0 Å². The van der Waals surface area contributed by atoms with E-state index in [1.807, 2.05) is 59.2 Å². The van der Waals surface area contributed by atoms with Gasteiger partial charge in [-0.25, -0.2) is 4.98 Å². The van der Waals surface area contributed by atoms with Gasteiger partial charge >= 0.3 is 5.97 Å². The van der Waals surface area contributed by atoms with Crippen molar-refractivity contribution >= 4 is 28.9 Å². The number of nitrogens with zero attached hydrogens (tertiary/aromatic N) is 3. The second kappa shape index (κ2) is 8.43. The molecular weight excluding hydrogens is 418 g/mol. The number of carbonyl (C=O) groups is 2. The van der Waals surface area contributed by atoms with Crippen molar-refractivity contribution in [3.05, 3.63) is 90.0 Å². The Morgan fingerprint density at radius 3 is 2.55 bits per heavy atom. The quantitative estimate of drug-likeness (QED) is 0.373. The van der Waals surface area contributed by atoms with Crippen LogP contribution in [0.5, 0.6) is 5.75 Å². The highest BCUT2D eigenvalue weighted by Crippen LogP contribution is 2.42. The summed E-state index contributed by atoms with van der Waals surface area (Å²) in [5.74, 6) is -1.59. The van der Waals surface area contributed by atoms with Gasteiger partial charge in [0.25, 0.3) is 0 Å². The van der Waals surface area contributed by atoms with Gasteiger partial charge in [-0.15, -0.1) is 0 Å². The number of esters is 1. The largest absolute Gasteiger partial charge is 0.508 e. The van der Waals surface area contributed by atoms with Gasteiger partial charge in [-0.3, -0.25) is 14.5 Å². The van der Waals surface area contributed by atoms with Crippen LogP contribution < -0.4 is 4.90 Å². The van der Waals surface area contributed by atoms with Gasteiger partial charge in [0, 0.05) is 0 Å². The van der Waals surface area contributed by atoms with E-state index in [1.54, 1.807) is 36.1 Å². The maximum atomic E-state index is 13.9. The summed E-state index contributed by atoms with van der Waals surface area (Å²) in [5.41, 5.74) is 3.06. The number of amides is 1. The van der Waals surface area contributed by atoms with Crippen molar-refractivity contribution in [2.75, 3.05) is 11.5 Å². The zero-order valence-corrected chi connectivity index (χ0v) is 18.1. The van der Waals surface area contributed by atoms with Crippen molar-refractivity contribution in [1.29, 1.82) is 0 Å². The van der Waals surface area contributed by atoms with E-state index in [-0.39, 0.29) is 24.8 Å². The molecule has 1 amide bonds. The van der Waals surface area contributed by atoms with E-state index < -0.39 is 17.9 Å². The third-order valence-electron chi connectivity index (χ3n) is 5.88. The van der Waals surface area contributed by atoms with Gasteiger partial charge in [0.1, 0.15) is 5.75 Å². The van der Waals surface area contributed by atoms with Crippen LogP contribution in [0.4, 0.5) is 5.95 Å². The van der Waals surface area contributed by atoms with Crippen molar-refractivity contribution in [1.82, 2.24) is 9.55 Å². The molecular formula is C26H23N3O4. The highest BCUT2D eigenvalue weighted by molar-refractivity contribution is 6.08. The van der Waals surface area contributed by atoms with E-state index in [1.165, 1.54) is 0 Å². The fourth-order valence-electron chi connectivity index (χ4n) is 4.47. The fraction of sp³-hybridized carbons (Fsp3) is 0.192. The van der Waals surface area contributed by atoms with Crippen LogP contribution >= 0.6 is 0 Å². The first kappa shape index (κ1) is 20.8. The minimum Gasteiger partial charge on any atom is -0.508 e. The second-order valence-corrected chi connectivity index (χ2v) is 7.95. The first-order chi connectivity index (χ1) is 16.1. The van der Waals surface area contributed by atoms with E-state index >= 15 is 0 Å². The minimum atomic E-state index is -1.12. The van der Waals surface area contributed by atoms with Crippen molar-refractivity contribution < 1.29 is 19.4 Å². The third-order valence-corrected chi connectivity index (χ3v) is 5.88. The molecule has 0 fully saturated rings. The number of ether oxygens (including phenoxy) is 1. The molecule has 1 N–H and O–H groups in total. The van der Waals surface area contributed by atoms with Gasteiger partial charge in [-0.05, 0) is 42.3 Å². The summed E-state index contributed by atoms with van der Waals surface area (Å²) in [7, 11) is 0. The molecule has 4 aromatic rings. The SMILES string of the molecule is CCOC(=O)[C@H]1C(=O)N(Cc2ccccc2)c2nc3ccccc3n2[C@H]1c1cccc(O)c1. The molecule has 1 aliphatic heterocycles. The Hall–Kier alpha value is -4.13. The Morgan fingerprint density at radius 1 is 1.03 bits per heavy atom. The minimum absolute atomic E-state index is 0.0558. The standard InChI is InChI=1S/C26H23N3O4/c1-2-33-25(32)22-23(18-11-8-12-19(30)15-18)29-21-14-7-6-13-20(21)27-26(29)28(24(22)31)16-17-9-4-3-5-10-17/h3-15,22-23,30H,2,16H2,1H3/t22-,23+/m1/s1. The van der Waals surface area contributed by atoms with Gasteiger partial charge in [0.15, 0.2) is 5.92 Å². The van der Waals surface area contributed by atoms with Gasteiger partial charge in [0.2, 0.25) is 11.9 Å². The molecule has 0 bridgehead atoms. The lowest BCUT2D eigenvalue weighted by atomic mass is 9.89. The molecule has 0 unspecified atom stereocenters. The summed E-state index contributed by atoms with van der Waals surface area (Å²) in [4.78, 5) is 33.4. The highest BCUT2D eigenvalue weighted by atomic mass is 16.5. The van der Waals surface area contributed by atoms with Crippen molar-refractivity contribution in [2.24, 2.45) is 5.92 Å². The van der Waals surface area contributed by atoms with Crippen LogP contribution in [0.15, 0.2) is 78.9 Å². The van der Waals surface area contributed by atoms with Crippen molar-refractivity contribution in [3.63, 3.8) is 0 Å². The molecule has 33 heavy (non-hydrogen) atoms. The number of hydrogen-bond donors (Lipinski definition) is 1. The second-order valence-electron chi connectivity index (χ2n) is 7.95. The van der Waals surface area contributed by atoms with Gasteiger partial charge in [-0.2, -0.15) is 0 Å². The summed E-state index contributed by atoms with van der Waals surface area (Å²) in [6.45, 7) is 2.14. The topological polar surface area (TPSA) is 84.7 Å². The zero-order valence-electron chi connectivity index (χ0n) is 18.1. The normalized spacial score (nSPS) is 17.7. The van der Waals surface area contributed by atoms with Crippen LogP contribution in [0.1, 0.15) is 24.1 Å². The number of rotatable bonds is 5. The van der Waals surface area contributed by atoms with E-state index in [0.717, 1.165) is 11.1 Å². The molecule has 7 nitrogen and oxygen atoms in total. The van der Waals surface area contributed by atoms with Crippen LogP contribution in [0, 0.1) is 5.92 Å². The van der Waals surface area contributed by atoms with Crippen molar-refractivity contribution in [3.8, 4) is 5.75 Å². The van der Waals surface area contributed by atoms with E-state index in [0.29, 0.717) is 17.0 Å². The number of imidazole rings is 1. The Balaban J connectivity index is 1.76. The Bertz CT molecular complexity index is 1330. The molecule has 0 saturated carbocycles. The Labute approximate surface area is 190 Å². The van der Waals surface area contributed by atoms with Crippen LogP contribution in [-0.4, -0.2) is 33.1 Å². The smallest absolute Gasteiger partial charge is 0.321 e. The maximum Gasteiger partial charge on any atom is 0.321 e. The number of phenolic OH excluding ortho intramolecular Hbond substituents is 1.